The highest BCUT2D eigenvalue weighted by atomic mass is 28.4. The highest BCUT2D eigenvalue weighted by Crippen LogP contribution is 2.64. The Balaban J connectivity index is 1.68. The fourth-order valence-corrected chi connectivity index (χ4v) is 7.98. The number of hydrogen-bond donors (Lipinski definition) is 0. The van der Waals surface area contributed by atoms with Crippen molar-refractivity contribution >= 4 is 19.9 Å². The van der Waals surface area contributed by atoms with E-state index < -0.39 is 8.32 Å². The minimum Gasteiger partial charge on any atom is -0.416 e. The highest BCUT2D eigenvalue weighted by Gasteiger charge is 2.60. The van der Waals surface area contributed by atoms with Crippen LogP contribution in [0.3, 0.4) is 0 Å². The van der Waals surface area contributed by atoms with Gasteiger partial charge in [-0.1, -0.05) is 33.3 Å². The van der Waals surface area contributed by atoms with Crippen LogP contribution in [0.25, 0.3) is 0 Å². The van der Waals surface area contributed by atoms with Crippen LogP contribution in [-0.4, -0.2) is 26.5 Å². The molecule has 0 spiro atoms. The summed E-state index contributed by atoms with van der Waals surface area (Å²) in [7, 11) is -1.86. The third-order valence-corrected chi connectivity index (χ3v) is 14.4. The standard InChI is InChI=1S/C25H40O3Si/c1-23(2,3)29(5,6)28-16-25-14-11-18(26)15-17(25)7-8-19-20-9-10-22(27)24(20,4)13-12-21(19)25/h15,19-21H,7-14,16H2,1-6H3/t19-,20-,21+,24-,25+/m0/s1. The second kappa shape index (κ2) is 6.88. The largest absolute Gasteiger partial charge is 0.416 e. The zero-order valence-corrected chi connectivity index (χ0v) is 20.4. The van der Waals surface area contributed by atoms with Crippen LogP contribution >= 0.6 is 0 Å². The van der Waals surface area contributed by atoms with E-state index >= 15 is 0 Å². The summed E-state index contributed by atoms with van der Waals surface area (Å²) in [5.74, 6) is 2.54. The number of Topliss-reactive ketones (excluding diaryl/α,β-unsaturated/α-hetero) is 1. The van der Waals surface area contributed by atoms with Crippen molar-refractivity contribution in [2.24, 2.45) is 28.6 Å². The summed E-state index contributed by atoms with van der Waals surface area (Å²) in [6.45, 7) is 14.6. The molecule has 4 aliphatic rings. The molecular weight excluding hydrogens is 376 g/mol. The Morgan fingerprint density at radius 2 is 1.76 bits per heavy atom. The van der Waals surface area contributed by atoms with Crippen molar-refractivity contribution in [3.05, 3.63) is 11.6 Å². The highest BCUT2D eigenvalue weighted by molar-refractivity contribution is 6.74. The van der Waals surface area contributed by atoms with Crippen molar-refractivity contribution in [1.29, 1.82) is 0 Å². The van der Waals surface area contributed by atoms with Crippen molar-refractivity contribution in [2.45, 2.75) is 97.2 Å². The Bertz CT molecular complexity index is 746. The van der Waals surface area contributed by atoms with Crippen LogP contribution in [0, 0.1) is 28.6 Å². The van der Waals surface area contributed by atoms with Gasteiger partial charge >= 0.3 is 0 Å². The molecule has 3 nitrogen and oxygen atoms in total. The van der Waals surface area contributed by atoms with E-state index in [0.717, 1.165) is 51.6 Å². The molecule has 0 radical (unpaired) electrons. The van der Waals surface area contributed by atoms with E-state index in [9.17, 15) is 9.59 Å². The molecule has 3 fully saturated rings. The number of carbonyl (C=O) groups excluding carboxylic acids is 2. The maximum Gasteiger partial charge on any atom is 0.192 e. The van der Waals surface area contributed by atoms with Crippen LogP contribution in [0.15, 0.2) is 11.6 Å². The van der Waals surface area contributed by atoms with Gasteiger partial charge in [0, 0.05) is 30.3 Å². The predicted octanol–water partition coefficient (Wildman–Crippen LogP) is 6.09. The molecule has 162 valence electrons. The zero-order valence-electron chi connectivity index (χ0n) is 19.4. The molecule has 0 aromatic carbocycles. The van der Waals surface area contributed by atoms with E-state index in [0.29, 0.717) is 35.7 Å². The first-order valence-corrected chi connectivity index (χ1v) is 14.7. The fourth-order valence-electron chi connectivity index (χ4n) is 6.93. The molecule has 29 heavy (non-hydrogen) atoms. The lowest BCUT2D eigenvalue weighted by atomic mass is 9.47. The topological polar surface area (TPSA) is 43.4 Å². The molecule has 5 atom stereocenters. The van der Waals surface area contributed by atoms with Gasteiger partial charge in [-0.3, -0.25) is 9.59 Å². The monoisotopic (exact) mass is 416 g/mol. The van der Waals surface area contributed by atoms with Gasteiger partial charge in [-0.05, 0) is 80.5 Å². The smallest absolute Gasteiger partial charge is 0.192 e. The number of fused-ring (bicyclic) bond motifs is 5. The molecule has 0 aliphatic heterocycles. The summed E-state index contributed by atoms with van der Waals surface area (Å²) in [6, 6.07) is 0. The molecule has 0 N–H and O–H groups in total. The minimum absolute atomic E-state index is 0.0271. The Morgan fingerprint density at radius 3 is 2.45 bits per heavy atom. The molecule has 0 bridgehead atoms. The van der Waals surface area contributed by atoms with Crippen molar-refractivity contribution in [2.75, 3.05) is 6.61 Å². The lowest BCUT2D eigenvalue weighted by Crippen LogP contribution is -2.55. The average molecular weight is 417 g/mol. The number of rotatable bonds is 3. The van der Waals surface area contributed by atoms with Crippen LogP contribution in [0.4, 0.5) is 0 Å². The van der Waals surface area contributed by atoms with Gasteiger partial charge in [0.15, 0.2) is 14.1 Å². The summed E-state index contributed by atoms with van der Waals surface area (Å²) >= 11 is 0. The van der Waals surface area contributed by atoms with Crippen LogP contribution in [0.1, 0.15) is 79.1 Å². The van der Waals surface area contributed by atoms with E-state index in [-0.39, 0.29) is 15.9 Å². The maximum atomic E-state index is 12.7. The Morgan fingerprint density at radius 1 is 1.03 bits per heavy atom. The van der Waals surface area contributed by atoms with E-state index in [4.69, 9.17) is 4.43 Å². The van der Waals surface area contributed by atoms with Crippen molar-refractivity contribution in [1.82, 2.24) is 0 Å². The molecule has 0 heterocycles. The summed E-state index contributed by atoms with van der Waals surface area (Å²) < 4.78 is 6.86. The van der Waals surface area contributed by atoms with Crippen LogP contribution < -0.4 is 0 Å². The Kier molecular flexibility index (Phi) is 5.10. The second-order valence-corrected chi connectivity index (χ2v) is 17.0. The van der Waals surface area contributed by atoms with Gasteiger partial charge in [-0.2, -0.15) is 0 Å². The second-order valence-electron chi connectivity index (χ2n) is 12.2. The van der Waals surface area contributed by atoms with Crippen LogP contribution in [-0.2, 0) is 14.0 Å². The van der Waals surface area contributed by atoms with Gasteiger partial charge in [0.2, 0.25) is 0 Å². The fraction of sp³-hybridized carbons (Fsp3) is 0.840. The van der Waals surface area contributed by atoms with Gasteiger partial charge in [0.25, 0.3) is 0 Å². The molecule has 0 aromatic heterocycles. The van der Waals surface area contributed by atoms with Crippen LogP contribution in [0.2, 0.25) is 18.1 Å². The zero-order chi connectivity index (χ0) is 21.2. The van der Waals surface area contributed by atoms with Crippen LogP contribution in [0.5, 0.6) is 0 Å². The van der Waals surface area contributed by atoms with Gasteiger partial charge in [0.05, 0.1) is 0 Å². The van der Waals surface area contributed by atoms with Gasteiger partial charge in [0.1, 0.15) is 5.78 Å². The lowest BCUT2D eigenvalue weighted by Gasteiger charge is -2.58. The SMILES string of the molecule is CC(C)(C)[Si](C)(C)OC[C@]12CCC(=O)C=C1CC[C@@H]1[C@H]2CC[C@]2(C)C(=O)CC[C@@H]12. The Labute approximate surface area is 178 Å². The van der Waals surface area contributed by atoms with Crippen molar-refractivity contribution < 1.29 is 14.0 Å². The van der Waals surface area contributed by atoms with Crippen molar-refractivity contribution in [3.63, 3.8) is 0 Å². The van der Waals surface area contributed by atoms with Gasteiger partial charge < -0.3 is 4.43 Å². The average Bonchev–Trinajstić information content (AvgIpc) is 2.94. The summed E-state index contributed by atoms with van der Waals surface area (Å²) in [5, 5.41) is 0.190. The molecular formula is C25H40O3Si. The minimum atomic E-state index is -1.86. The molecule has 0 unspecified atom stereocenters. The molecule has 0 saturated heterocycles. The first-order valence-electron chi connectivity index (χ1n) is 11.8. The third-order valence-electron chi connectivity index (χ3n) is 9.89. The summed E-state index contributed by atoms with van der Waals surface area (Å²) in [5.41, 5.74) is 1.31. The molecule has 4 aliphatic carbocycles. The lowest BCUT2D eigenvalue weighted by molar-refractivity contribution is -0.133. The van der Waals surface area contributed by atoms with E-state index in [1.165, 1.54) is 5.57 Å². The quantitative estimate of drug-likeness (QED) is 0.523. The molecule has 3 saturated carbocycles. The first-order chi connectivity index (χ1) is 13.4. The molecule has 4 heteroatoms. The summed E-state index contributed by atoms with van der Waals surface area (Å²) in [6.07, 6.45) is 9.78. The first kappa shape index (κ1) is 21.5. The van der Waals surface area contributed by atoms with E-state index in [2.05, 4.69) is 40.8 Å². The van der Waals surface area contributed by atoms with E-state index in [1.54, 1.807) is 0 Å². The number of carbonyl (C=O) groups is 2. The maximum absolute atomic E-state index is 12.7. The molecule has 4 rings (SSSR count). The summed E-state index contributed by atoms with van der Waals surface area (Å²) in [4.78, 5) is 25.0. The van der Waals surface area contributed by atoms with Gasteiger partial charge in [-0.25, -0.2) is 0 Å². The van der Waals surface area contributed by atoms with Gasteiger partial charge in [-0.15, -0.1) is 0 Å². The molecule has 0 aromatic rings. The third kappa shape index (κ3) is 3.24. The number of hydrogen-bond acceptors (Lipinski definition) is 3. The van der Waals surface area contributed by atoms with Crippen molar-refractivity contribution in [3.8, 4) is 0 Å². The Hall–Kier alpha value is -0.743. The predicted molar refractivity (Wildman–Crippen MR) is 119 cm³/mol. The molecule has 0 amide bonds. The number of ketones is 2. The van der Waals surface area contributed by atoms with E-state index in [1.807, 2.05) is 6.08 Å². The normalized spacial score (nSPS) is 40.2.